The number of carbonyl (C=O) groups is 1. The average molecular weight is 272 g/mol. The van der Waals surface area contributed by atoms with Crippen LogP contribution in [0, 0.1) is 0 Å². The molecule has 20 heavy (non-hydrogen) atoms. The van der Waals surface area contributed by atoms with Gasteiger partial charge < -0.3 is 9.63 Å². The Morgan fingerprint density at radius 3 is 3.10 bits per heavy atom. The van der Waals surface area contributed by atoms with Gasteiger partial charge in [0, 0.05) is 18.8 Å². The zero-order valence-electron chi connectivity index (χ0n) is 11.1. The molecule has 3 rings (SSSR count). The summed E-state index contributed by atoms with van der Waals surface area (Å²) >= 11 is 0. The van der Waals surface area contributed by atoms with E-state index in [1.54, 1.807) is 0 Å². The number of benzene rings is 1. The van der Waals surface area contributed by atoms with Crippen molar-refractivity contribution in [1.29, 1.82) is 0 Å². The van der Waals surface area contributed by atoms with E-state index < -0.39 is 5.97 Å². The number of carboxylic acid groups (broad SMARTS) is 1. The summed E-state index contributed by atoms with van der Waals surface area (Å²) in [4.78, 5) is 14.9. The summed E-state index contributed by atoms with van der Waals surface area (Å²) in [5, 5.41) is 12.7. The standard InChI is InChI=1S/C15H16N2O3/c18-14(19)7-3-6-13-16-15(17-20-13)12-9-8-10-4-1-2-5-11(10)12/h1-2,4-5,12H,3,6-9H2,(H,18,19). The van der Waals surface area contributed by atoms with Crippen molar-refractivity contribution in [3.8, 4) is 0 Å². The van der Waals surface area contributed by atoms with Crippen LogP contribution in [-0.2, 0) is 17.6 Å². The predicted octanol–water partition coefficient (Wildman–Crippen LogP) is 2.56. The van der Waals surface area contributed by atoms with Gasteiger partial charge >= 0.3 is 5.97 Å². The molecule has 5 nitrogen and oxygen atoms in total. The summed E-state index contributed by atoms with van der Waals surface area (Å²) in [6.45, 7) is 0. The fraction of sp³-hybridized carbons (Fsp3) is 0.400. The first-order chi connectivity index (χ1) is 9.74. The number of nitrogens with zero attached hydrogens (tertiary/aromatic N) is 2. The molecule has 1 aliphatic carbocycles. The molecule has 1 atom stereocenters. The Labute approximate surface area is 116 Å². The summed E-state index contributed by atoms with van der Waals surface area (Å²) in [5.74, 6) is 0.670. The number of aliphatic carboxylic acids is 1. The van der Waals surface area contributed by atoms with Crippen LogP contribution in [0.4, 0.5) is 0 Å². The number of hydrogen-bond donors (Lipinski definition) is 1. The molecule has 104 valence electrons. The van der Waals surface area contributed by atoms with Gasteiger partial charge in [-0.25, -0.2) is 0 Å². The van der Waals surface area contributed by atoms with E-state index in [2.05, 4.69) is 28.3 Å². The van der Waals surface area contributed by atoms with Crippen molar-refractivity contribution >= 4 is 5.97 Å². The summed E-state index contributed by atoms with van der Waals surface area (Å²) in [6, 6.07) is 8.34. The molecule has 1 unspecified atom stereocenters. The summed E-state index contributed by atoms with van der Waals surface area (Å²) in [7, 11) is 0. The molecule has 1 N–H and O–H groups in total. The summed E-state index contributed by atoms with van der Waals surface area (Å²) in [6.07, 6.45) is 3.23. The number of aryl methyl sites for hydroxylation is 2. The van der Waals surface area contributed by atoms with E-state index in [1.165, 1.54) is 11.1 Å². The van der Waals surface area contributed by atoms with E-state index in [1.807, 2.05) is 6.07 Å². The van der Waals surface area contributed by atoms with Gasteiger partial charge in [-0.1, -0.05) is 29.4 Å². The first kappa shape index (κ1) is 12.8. The van der Waals surface area contributed by atoms with Crippen LogP contribution in [0.5, 0.6) is 0 Å². The zero-order valence-corrected chi connectivity index (χ0v) is 11.1. The highest BCUT2D eigenvalue weighted by atomic mass is 16.5. The van der Waals surface area contributed by atoms with Gasteiger partial charge in [-0.05, 0) is 30.4 Å². The minimum atomic E-state index is -0.797. The number of rotatable bonds is 5. The lowest BCUT2D eigenvalue weighted by Gasteiger charge is -2.05. The quantitative estimate of drug-likeness (QED) is 0.905. The number of fused-ring (bicyclic) bond motifs is 1. The van der Waals surface area contributed by atoms with Gasteiger partial charge in [0.1, 0.15) is 0 Å². The molecule has 2 aromatic rings. The molecule has 0 saturated carbocycles. The Kier molecular flexibility index (Phi) is 3.50. The van der Waals surface area contributed by atoms with Crippen molar-refractivity contribution in [3.63, 3.8) is 0 Å². The molecule has 5 heteroatoms. The van der Waals surface area contributed by atoms with Crippen molar-refractivity contribution in [3.05, 3.63) is 47.1 Å². The van der Waals surface area contributed by atoms with Gasteiger partial charge in [-0.15, -0.1) is 0 Å². The smallest absolute Gasteiger partial charge is 0.303 e. The van der Waals surface area contributed by atoms with E-state index in [9.17, 15) is 4.79 Å². The second-order valence-electron chi connectivity index (χ2n) is 5.08. The van der Waals surface area contributed by atoms with Crippen molar-refractivity contribution in [2.24, 2.45) is 0 Å². The highest BCUT2D eigenvalue weighted by molar-refractivity contribution is 5.66. The van der Waals surface area contributed by atoms with Gasteiger partial charge in [0.15, 0.2) is 5.82 Å². The average Bonchev–Trinajstić information content (AvgIpc) is 3.04. The lowest BCUT2D eigenvalue weighted by molar-refractivity contribution is -0.137. The fourth-order valence-corrected chi connectivity index (χ4v) is 2.73. The zero-order chi connectivity index (χ0) is 13.9. The molecule has 0 saturated heterocycles. The maximum absolute atomic E-state index is 10.5. The first-order valence-electron chi connectivity index (χ1n) is 6.86. The monoisotopic (exact) mass is 272 g/mol. The van der Waals surface area contributed by atoms with Crippen LogP contribution in [0.3, 0.4) is 0 Å². The van der Waals surface area contributed by atoms with Crippen LogP contribution in [0.15, 0.2) is 28.8 Å². The third-order valence-corrected chi connectivity index (χ3v) is 3.71. The van der Waals surface area contributed by atoms with Crippen molar-refractivity contribution < 1.29 is 14.4 Å². The first-order valence-corrected chi connectivity index (χ1v) is 6.86. The molecule has 0 amide bonds. The van der Waals surface area contributed by atoms with E-state index in [0.29, 0.717) is 18.7 Å². The Morgan fingerprint density at radius 2 is 2.25 bits per heavy atom. The SMILES string of the molecule is O=C(O)CCCc1nc(C2CCc3ccccc32)no1. The highest BCUT2D eigenvalue weighted by Gasteiger charge is 2.27. The van der Waals surface area contributed by atoms with E-state index in [-0.39, 0.29) is 12.3 Å². The molecule has 1 aromatic carbocycles. The van der Waals surface area contributed by atoms with Gasteiger partial charge in [-0.2, -0.15) is 4.98 Å². The molecule has 0 aliphatic heterocycles. The van der Waals surface area contributed by atoms with Gasteiger partial charge in [-0.3, -0.25) is 4.79 Å². The number of carboxylic acids is 1. The minimum Gasteiger partial charge on any atom is -0.481 e. The second-order valence-corrected chi connectivity index (χ2v) is 5.08. The molecule has 0 spiro atoms. The molecule has 0 fully saturated rings. The topological polar surface area (TPSA) is 76.2 Å². The normalized spacial score (nSPS) is 17.1. The van der Waals surface area contributed by atoms with Crippen LogP contribution in [0.2, 0.25) is 0 Å². The Morgan fingerprint density at radius 1 is 1.40 bits per heavy atom. The Bertz CT molecular complexity index is 621. The van der Waals surface area contributed by atoms with Crippen LogP contribution in [-0.4, -0.2) is 21.2 Å². The largest absolute Gasteiger partial charge is 0.481 e. The lowest BCUT2D eigenvalue weighted by atomic mass is 10.0. The maximum atomic E-state index is 10.5. The minimum absolute atomic E-state index is 0.129. The Hall–Kier alpha value is -2.17. The number of aromatic nitrogens is 2. The lowest BCUT2D eigenvalue weighted by Crippen LogP contribution is -1.99. The third kappa shape index (κ3) is 2.57. The molecule has 0 radical (unpaired) electrons. The summed E-state index contributed by atoms with van der Waals surface area (Å²) < 4.78 is 5.22. The van der Waals surface area contributed by atoms with Crippen molar-refractivity contribution in [2.45, 2.75) is 38.0 Å². The van der Waals surface area contributed by atoms with Crippen molar-refractivity contribution in [1.82, 2.24) is 10.1 Å². The van der Waals surface area contributed by atoms with Gasteiger partial charge in [0.2, 0.25) is 5.89 Å². The highest BCUT2D eigenvalue weighted by Crippen LogP contribution is 2.36. The van der Waals surface area contributed by atoms with Gasteiger partial charge in [0.05, 0.1) is 0 Å². The van der Waals surface area contributed by atoms with Crippen LogP contribution < -0.4 is 0 Å². The van der Waals surface area contributed by atoms with E-state index in [0.717, 1.165) is 18.7 Å². The van der Waals surface area contributed by atoms with E-state index in [4.69, 9.17) is 9.63 Å². The third-order valence-electron chi connectivity index (χ3n) is 3.71. The molecule has 0 bridgehead atoms. The van der Waals surface area contributed by atoms with Gasteiger partial charge in [0.25, 0.3) is 0 Å². The van der Waals surface area contributed by atoms with Crippen LogP contribution >= 0.6 is 0 Å². The maximum Gasteiger partial charge on any atom is 0.303 e. The van der Waals surface area contributed by atoms with Crippen molar-refractivity contribution in [2.75, 3.05) is 0 Å². The van der Waals surface area contributed by atoms with E-state index >= 15 is 0 Å². The summed E-state index contributed by atoms with van der Waals surface area (Å²) in [5.41, 5.74) is 2.64. The molecular weight excluding hydrogens is 256 g/mol. The van der Waals surface area contributed by atoms with Crippen LogP contribution in [0.1, 0.15) is 48.0 Å². The molecular formula is C15H16N2O3. The fourth-order valence-electron chi connectivity index (χ4n) is 2.73. The predicted molar refractivity (Wildman–Crippen MR) is 71.5 cm³/mol. The Balaban J connectivity index is 1.70. The molecule has 1 heterocycles. The second kappa shape index (κ2) is 5.45. The number of hydrogen-bond acceptors (Lipinski definition) is 4. The van der Waals surface area contributed by atoms with Crippen LogP contribution in [0.25, 0.3) is 0 Å². The molecule has 1 aromatic heterocycles. The molecule has 1 aliphatic rings.